The lowest BCUT2D eigenvalue weighted by Crippen LogP contribution is -2.49. The molecule has 0 aromatic carbocycles. The van der Waals surface area contributed by atoms with Crippen LogP contribution in [0.25, 0.3) is 0 Å². The van der Waals surface area contributed by atoms with Gasteiger partial charge in [-0.2, -0.15) is 0 Å². The summed E-state index contributed by atoms with van der Waals surface area (Å²) in [6.07, 6.45) is 3.93. The lowest BCUT2D eigenvalue weighted by Gasteiger charge is -2.42. The molecule has 4 aliphatic rings. The number of fused-ring (bicyclic) bond motifs is 6. The van der Waals surface area contributed by atoms with E-state index in [-0.39, 0.29) is 35.4 Å². The number of nitrogens with one attached hydrogen (secondary N) is 1. The van der Waals surface area contributed by atoms with Crippen LogP contribution in [0.5, 0.6) is 0 Å². The van der Waals surface area contributed by atoms with Crippen LogP contribution in [0.2, 0.25) is 0 Å². The highest BCUT2D eigenvalue weighted by Crippen LogP contribution is 2.45. The van der Waals surface area contributed by atoms with Gasteiger partial charge >= 0.3 is 0 Å². The molecule has 31 heavy (non-hydrogen) atoms. The average molecular weight is 462 g/mol. The maximum atomic E-state index is 13.5. The number of nitrogens with zero attached hydrogens (tertiary/aromatic N) is 2. The molecule has 6 heterocycles. The summed E-state index contributed by atoms with van der Waals surface area (Å²) in [6.45, 7) is 4.85. The van der Waals surface area contributed by atoms with Gasteiger partial charge in [0.2, 0.25) is 0 Å². The van der Waals surface area contributed by atoms with Crippen LogP contribution in [-0.4, -0.2) is 48.2 Å². The third-order valence-corrected chi connectivity index (χ3v) is 8.71. The third-order valence-electron chi connectivity index (χ3n) is 7.36. The van der Waals surface area contributed by atoms with Gasteiger partial charge in [0.25, 0.3) is 11.5 Å². The van der Waals surface area contributed by atoms with Gasteiger partial charge < -0.3 is 19.5 Å². The molecular weight excluding hydrogens is 434 g/mol. The van der Waals surface area contributed by atoms with Crippen molar-refractivity contribution >= 4 is 29.7 Å². The second kappa shape index (κ2) is 8.03. The molecule has 6 rings (SSSR count). The minimum atomic E-state index is -0.194. The molecule has 0 radical (unpaired) electrons. The number of amides is 1. The minimum absolute atomic E-state index is 0. The molecule has 6 nitrogen and oxygen atoms in total. The summed E-state index contributed by atoms with van der Waals surface area (Å²) in [4.78, 5) is 29.9. The topological polar surface area (TPSA) is 63.6 Å². The van der Waals surface area contributed by atoms with Gasteiger partial charge in [-0.25, -0.2) is 0 Å². The number of rotatable bonds is 1. The standard InChI is InChI=1S/C23H27N3O3S.ClH/c27-20-3-1-2-18-17-10-15(13-26(18)20)12-25(14-17)22(28)19-11-16-4-9-29-23(21(16)30-19)5-7-24-8-6-23;/h1-3,11,15,17,24H,4-10,12-14H2;1H/t15-,17+;/m1./s1. The molecule has 166 valence electrons. The highest BCUT2D eigenvalue weighted by molar-refractivity contribution is 7.14. The van der Waals surface area contributed by atoms with Crippen molar-refractivity contribution in [1.29, 1.82) is 0 Å². The summed E-state index contributed by atoms with van der Waals surface area (Å²) in [5, 5.41) is 3.43. The number of thiophene rings is 1. The van der Waals surface area contributed by atoms with Gasteiger partial charge in [-0.15, -0.1) is 23.7 Å². The Hall–Kier alpha value is -1.67. The molecule has 2 fully saturated rings. The molecule has 0 unspecified atom stereocenters. The molecule has 2 aromatic heterocycles. The molecule has 0 saturated carbocycles. The molecule has 4 aliphatic heterocycles. The summed E-state index contributed by atoms with van der Waals surface area (Å²) < 4.78 is 8.21. The summed E-state index contributed by atoms with van der Waals surface area (Å²) in [5.74, 6) is 0.762. The minimum Gasteiger partial charge on any atom is -0.369 e. The molecule has 1 N–H and O–H groups in total. The predicted molar refractivity (Wildman–Crippen MR) is 122 cm³/mol. The zero-order chi connectivity index (χ0) is 20.3. The predicted octanol–water partition coefficient (Wildman–Crippen LogP) is 2.74. The van der Waals surface area contributed by atoms with Gasteiger partial charge in [-0.3, -0.25) is 9.59 Å². The van der Waals surface area contributed by atoms with Crippen molar-refractivity contribution in [3.8, 4) is 0 Å². The Labute approximate surface area is 192 Å². The average Bonchev–Trinajstić information content (AvgIpc) is 3.21. The van der Waals surface area contributed by atoms with Crippen LogP contribution in [-0.2, 0) is 23.3 Å². The second-order valence-electron chi connectivity index (χ2n) is 9.22. The lowest BCUT2D eigenvalue weighted by molar-refractivity contribution is -0.0771. The number of halogens is 1. The van der Waals surface area contributed by atoms with E-state index >= 15 is 0 Å². The van der Waals surface area contributed by atoms with Gasteiger partial charge in [0.1, 0.15) is 5.60 Å². The summed E-state index contributed by atoms with van der Waals surface area (Å²) in [5.41, 5.74) is 2.29. The molecule has 2 aromatic rings. The molecule has 0 aliphatic carbocycles. The normalized spacial score (nSPS) is 26.0. The highest BCUT2D eigenvalue weighted by Gasteiger charge is 2.42. The van der Waals surface area contributed by atoms with Crippen LogP contribution in [0.3, 0.4) is 0 Å². The Morgan fingerprint density at radius 2 is 2.03 bits per heavy atom. The Morgan fingerprint density at radius 1 is 1.19 bits per heavy atom. The summed E-state index contributed by atoms with van der Waals surface area (Å²) >= 11 is 1.66. The van der Waals surface area contributed by atoms with E-state index < -0.39 is 0 Å². The first-order valence-corrected chi connectivity index (χ1v) is 11.9. The smallest absolute Gasteiger partial charge is 0.263 e. The van der Waals surface area contributed by atoms with Gasteiger partial charge in [0.15, 0.2) is 0 Å². The first kappa shape index (κ1) is 21.2. The van der Waals surface area contributed by atoms with E-state index in [0.29, 0.717) is 12.5 Å². The van der Waals surface area contributed by atoms with E-state index in [0.717, 1.165) is 69.0 Å². The molecular formula is C23H28ClN3O3S. The monoisotopic (exact) mass is 461 g/mol. The van der Waals surface area contributed by atoms with Crippen molar-refractivity contribution < 1.29 is 9.53 Å². The van der Waals surface area contributed by atoms with E-state index in [2.05, 4.69) is 17.4 Å². The number of piperidine rings is 2. The largest absolute Gasteiger partial charge is 0.369 e. The van der Waals surface area contributed by atoms with Crippen LogP contribution < -0.4 is 10.9 Å². The van der Waals surface area contributed by atoms with Gasteiger partial charge in [0.05, 0.1) is 11.5 Å². The number of hydrogen-bond donors (Lipinski definition) is 1. The fraction of sp³-hybridized carbons (Fsp3) is 0.565. The van der Waals surface area contributed by atoms with E-state index in [1.165, 1.54) is 10.4 Å². The fourth-order valence-electron chi connectivity index (χ4n) is 5.95. The number of carbonyl (C=O) groups excluding carboxylic acids is 1. The van der Waals surface area contributed by atoms with Gasteiger partial charge in [-0.05, 0) is 62.4 Å². The zero-order valence-corrected chi connectivity index (χ0v) is 19.1. The maximum absolute atomic E-state index is 13.5. The third kappa shape index (κ3) is 3.46. The quantitative estimate of drug-likeness (QED) is 0.709. The van der Waals surface area contributed by atoms with E-state index in [1.807, 2.05) is 15.5 Å². The van der Waals surface area contributed by atoms with Crippen molar-refractivity contribution in [1.82, 2.24) is 14.8 Å². The van der Waals surface area contributed by atoms with Crippen LogP contribution in [0, 0.1) is 5.92 Å². The number of pyridine rings is 1. The Balaban J connectivity index is 0.00000204. The van der Waals surface area contributed by atoms with Crippen LogP contribution in [0.1, 0.15) is 51.0 Å². The fourth-order valence-corrected chi connectivity index (χ4v) is 7.33. The molecule has 8 heteroatoms. The first-order chi connectivity index (χ1) is 14.6. The van der Waals surface area contributed by atoms with E-state index in [4.69, 9.17) is 4.74 Å². The maximum Gasteiger partial charge on any atom is 0.263 e. The number of hydrogen-bond acceptors (Lipinski definition) is 5. The number of likely N-dealkylation sites (tertiary alicyclic amines) is 1. The Kier molecular flexibility index (Phi) is 5.49. The van der Waals surface area contributed by atoms with Crippen LogP contribution in [0.15, 0.2) is 29.1 Å². The summed E-state index contributed by atoms with van der Waals surface area (Å²) in [7, 11) is 0. The molecule has 2 bridgehead atoms. The van der Waals surface area contributed by atoms with E-state index in [9.17, 15) is 9.59 Å². The molecule has 1 spiro atoms. The summed E-state index contributed by atoms with van der Waals surface area (Å²) in [6, 6.07) is 7.68. The van der Waals surface area contributed by atoms with Crippen molar-refractivity contribution in [2.24, 2.45) is 5.92 Å². The van der Waals surface area contributed by atoms with Crippen molar-refractivity contribution in [2.45, 2.75) is 43.7 Å². The van der Waals surface area contributed by atoms with Crippen molar-refractivity contribution in [2.75, 3.05) is 32.8 Å². The Bertz CT molecular complexity index is 1060. The number of carbonyl (C=O) groups is 1. The van der Waals surface area contributed by atoms with Gasteiger partial charge in [-0.1, -0.05) is 6.07 Å². The van der Waals surface area contributed by atoms with Gasteiger partial charge in [0, 0.05) is 42.2 Å². The van der Waals surface area contributed by atoms with Crippen LogP contribution >= 0.6 is 23.7 Å². The van der Waals surface area contributed by atoms with Crippen LogP contribution in [0.4, 0.5) is 0 Å². The lowest BCUT2D eigenvalue weighted by atomic mass is 9.83. The first-order valence-electron chi connectivity index (χ1n) is 11.1. The number of aromatic nitrogens is 1. The van der Waals surface area contributed by atoms with E-state index in [1.54, 1.807) is 17.4 Å². The highest BCUT2D eigenvalue weighted by atomic mass is 35.5. The SMILES string of the molecule is Cl.O=C(c1cc2c(s1)C1(CCNCC1)OCC2)N1C[C@H]2C[C@@H](C1)c1cccc(=O)n1C2. The van der Waals surface area contributed by atoms with Crippen molar-refractivity contribution in [3.05, 3.63) is 55.6 Å². The molecule has 2 saturated heterocycles. The van der Waals surface area contributed by atoms with Crippen molar-refractivity contribution in [3.63, 3.8) is 0 Å². The molecule has 2 atom stereocenters. The zero-order valence-electron chi connectivity index (χ0n) is 17.5. The number of ether oxygens (including phenoxy) is 1. The molecule has 1 amide bonds. The Morgan fingerprint density at radius 3 is 2.87 bits per heavy atom. The second-order valence-corrected chi connectivity index (χ2v) is 10.3.